The van der Waals surface area contributed by atoms with Crippen molar-refractivity contribution in [3.8, 4) is 17.6 Å². The van der Waals surface area contributed by atoms with Crippen molar-refractivity contribution in [1.82, 2.24) is 0 Å². The van der Waals surface area contributed by atoms with E-state index in [1.807, 2.05) is 6.07 Å². The van der Waals surface area contributed by atoms with Crippen LogP contribution in [0.3, 0.4) is 0 Å². The third-order valence-corrected chi connectivity index (χ3v) is 5.92. The fourth-order valence-corrected chi connectivity index (χ4v) is 4.19. The maximum atomic E-state index is 14.6. The van der Waals surface area contributed by atoms with E-state index in [1.165, 1.54) is 54.6 Å². The normalized spacial score (nSPS) is 14.9. The van der Waals surface area contributed by atoms with Crippen LogP contribution in [0.5, 0.6) is 11.5 Å². The minimum atomic E-state index is -1.13. The zero-order chi connectivity index (χ0) is 26.5. The molecule has 12 heteroatoms. The van der Waals surface area contributed by atoms with E-state index in [1.54, 1.807) is 4.90 Å². The van der Waals surface area contributed by atoms with Gasteiger partial charge < -0.3 is 14.4 Å². The van der Waals surface area contributed by atoms with Crippen molar-refractivity contribution in [2.75, 3.05) is 18.0 Å². The highest BCUT2D eigenvalue weighted by molar-refractivity contribution is 5.68. The molecule has 37 heavy (non-hydrogen) atoms. The molecule has 0 aliphatic carbocycles. The average Bonchev–Trinajstić information content (AvgIpc) is 2.89. The van der Waals surface area contributed by atoms with Gasteiger partial charge in [-0.1, -0.05) is 0 Å². The number of ether oxygens (including phenoxy) is 2. The lowest BCUT2D eigenvalue weighted by molar-refractivity contribution is -0.385. The zero-order valence-electron chi connectivity index (χ0n) is 19.2. The van der Waals surface area contributed by atoms with Gasteiger partial charge in [-0.15, -0.1) is 0 Å². The lowest BCUT2D eigenvalue weighted by Gasteiger charge is -2.35. The Labute approximate surface area is 209 Å². The third-order valence-electron chi connectivity index (χ3n) is 5.92. The molecule has 1 saturated heterocycles. The van der Waals surface area contributed by atoms with Crippen molar-refractivity contribution in [2.45, 2.75) is 18.8 Å². The Morgan fingerprint density at radius 3 is 2.35 bits per heavy atom. The van der Waals surface area contributed by atoms with Gasteiger partial charge in [0.15, 0.2) is 0 Å². The molecule has 188 valence electrons. The predicted molar refractivity (Wildman–Crippen MR) is 128 cm³/mol. The number of rotatable bonds is 6. The number of carbonyl (C=O) groups excluding carboxylic acids is 1. The molecule has 0 radical (unpaired) electrons. The second-order valence-electron chi connectivity index (χ2n) is 8.25. The summed E-state index contributed by atoms with van der Waals surface area (Å²) >= 11 is 0. The minimum absolute atomic E-state index is 0.0131. The topological polar surface area (TPSA) is 149 Å². The van der Waals surface area contributed by atoms with Crippen LogP contribution in [-0.2, 0) is 0 Å². The number of hydrogen-bond acceptors (Lipinski definition) is 9. The summed E-state index contributed by atoms with van der Waals surface area (Å²) in [6, 6.07) is 14.7. The summed E-state index contributed by atoms with van der Waals surface area (Å²) in [7, 11) is 0. The standard InChI is InChI=1S/C25H19FN4O7/c26-22-12-16(14-27)3-9-23(22)28-11-1-2-17(15-28)21-13-19(30(34)35)6-10-24(21)37-25(31)36-20-7-4-18(5-8-20)29(32)33/h3-10,12-13,17H,1-2,11,15H2. The first-order chi connectivity index (χ1) is 17.7. The predicted octanol–water partition coefficient (Wildman–Crippen LogP) is 5.48. The molecular weight excluding hydrogens is 487 g/mol. The van der Waals surface area contributed by atoms with Gasteiger partial charge in [0.1, 0.15) is 17.3 Å². The van der Waals surface area contributed by atoms with Gasteiger partial charge in [-0.05, 0) is 49.2 Å². The monoisotopic (exact) mass is 506 g/mol. The lowest BCUT2D eigenvalue weighted by atomic mass is 9.89. The Morgan fingerprint density at radius 2 is 1.70 bits per heavy atom. The van der Waals surface area contributed by atoms with E-state index >= 15 is 0 Å². The van der Waals surface area contributed by atoms with E-state index < -0.39 is 21.8 Å². The molecule has 0 spiro atoms. The van der Waals surface area contributed by atoms with Crippen LogP contribution in [-0.4, -0.2) is 29.1 Å². The van der Waals surface area contributed by atoms with Crippen LogP contribution in [0.2, 0.25) is 0 Å². The molecule has 1 heterocycles. The molecule has 1 aliphatic rings. The van der Waals surface area contributed by atoms with Crippen LogP contribution in [0.1, 0.15) is 29.9 Å². The van der Waals surface area contributed by atoms with Crippen molar-refractivity contribution >= 4 is 23.2 Å². The van der Waals surface area contributed by atoms with Crippen molar-refractivity contribution in [3.05, 3.63) is 97.8 Å². The molecule has 1 atom stereocenters. The summed E-state index contributed by atoms with van der Waals surface area (Å²) in [5.41, 5.74) is 0.491. The molecule has 0 amide bonds. The first kappa shape index (κ1) is 25.1. The van der Waals surface area contributed by atoms with Crippen molar-refractivity contribution in [2.24, 2.45) is 0 Å². The van der Waals surface area contributed by atoms with Gasteiger partial charge in [0.25, 0.3) is 11.4 Å². The van der Waals surface area contributed by atoms with Gasteiger partial charge in [0, 0.05) is 48.8 Å². The SMILES string of the molecule is N#Cc1ccc(N2CCCC(c3cc([N+](=O)[O-])ccc3OC(=O)Oc3ccc([N+](=O)[O-])cc3)C2)c(F)c1. The molecule has 1 fully saturated rings. The first-order valence-corrected chi connectivity index (χ1v) is 11.1. The molecular formula is C25H19FN4O7. The Kier molecular flexibility index (Phi) is 7.24. The quantitative estimate of drug-likeness (QED) is 0.183. The number of nitro groups is 2. The molecule has 0 saturated carbocycles. The van der Waals surface area contributed by atoms with Gasteiger partial charge in [-0.3, -0.25) is 20.2 Å². The summed E-state index contributed by atoms with van der Waals surface area (Å²) < 4.78 is 25.1. The first-order valence-electron chi connectivity index (χ1n) is 11.1. The highest BCUT2D eigenvalue weighted by Gasteiger charge is 2.28. The van der Waals surface area contributed by atoms with E-state index in [4.69, 9.17) is 14.7 Å². The summed E-state index contributed by atoms with van der Waals surface area (Å²) in [5.74, 6) is -0.836. The minimum Gasteiger partial charge on any atom is -0.395 e. The number of benzene rings is 3. The summed E-state index contributed by atoms with van der Waals surface area (Å²) in [6.07, 6.45) is 0.109. The number of non-ortho nitro benzene ring substituents is 2. The number of anilines is 1. The fourth-order valence-electron chi connectivity index (χ4n) is 4.19. The Bertz CT molecular complexity index is 1410. The maximum Gasteiger partial charge on any atom is 0.519 e. The van der Waals surface area contributed by atoms with Gasteiger partial charge in [-0.25, -0.2) is 9.18 Å². The molecule has 0 aromatic heterocycles. The highest BCUT2D eigenvalue weighted by atomic mass is 19.1. The second kappa shape index (κ2) is 10.7. The number of nitrogens with zero attached hydrogens (tertiary/aromatic N) is 4. The number of carbonyl (C=O) groups is 1. The van der Waals surface area contributed by atoms with Crippen LogP contribution in [0.25, 0.3) is 0 Å². The van der Waals surface area contributed by atoms with Gasteiger partial charge in [0.05, 0.1) is 27.2 Å². The summed E-state index contributed by atoms with van der Waals surface area (Å²) in [4.78, 5) is 35.3. The largest absolute Gasteiger partial charge is 0.519 e. The smallest absolute Gasteiger partial charge is 0.395 e. The Morgan fingerprint density at radius 1 is 1.00 bits per heavy atom. The molecule has 11 nitrogen and oxygen atoms in total. The Balaban J connectivity index is 1.57. The number of halogens is 1. The molecule has 1 unspecified atom stereocenters. The third kappa shape index (κ3) is 5.79. The van der Waals surface area contributed by atoms with Crippen LogP contribution in [0.15, 0.2) is 60.7 Å². The van der Waals surface area contributed by atoms with E-state index in [0.29, 0.717) is 30.6 Å². The lowest BCUT2D eigenvalue weighted by Crippen LogP contribution is -2.35. The number of nitro benzene ring substituents is 2. The molecule has 3 aromatic carbocycles. The van der Waals surface area contributed by atoms with Crippen molar-refractivity contribution < 1.29 is 28.5 Å². The molecule has 0 bridgehead atoms. The van der Waals surface area contributed by atoms with Gasteiger partial charge >= 0.3 is 6.16 Å². The van der Waals surface area contributed by atoms with Crippen molar-refractivity contribution in [3.63, 3.8) is 0 Å². The second-order valence-corrected chi connectivity index (χ2v) is 8.25. The van der Waals surface area contributed by atoms with Crippen LogP contribution >= 0.6 is 0 Å². The van der Waals surface area contributed by atoms with E-state index in [9.17, 15) is 29.4 Å². The summed E-state index contributed by atoms with van der Waals surface area (Å²) in [6.45, 7) is 0.824. The van der Waals surface area contributed by atoms with E-state index in [2.05, 4.69) is 0 Å². The average molecular weight is 506 g/mol. The molecule has 1 aliphatic heterocycles. The fraction of sp³-hybridized carbons (Fsp3) is 0.200. The number of piperidine rings is 1. The summed E-state index contributed by atoms with van der Waals surface area (Å²) in [5, 5.41) is 31.2. The van der Waals surface area contributed by atoms with E-state index in [-0.39, 0.29) is 40.9 Å². The maximum absolute atomic E-state index is 14.6. The van der Waals surface area contributed by atoms with Gasteiger partial charge in [0.2, 0.25) is 0 Å². The zero-order valence-corrected chi connectivity index (χ0v) is 19.2. The molecule has 3 aromatic rings. The van der Waals surface area contributed by atoms with Gasteiger partial charge in [-0.2, -0.15) is 5.26 Å². The Hall–Kier alpha value is -5.05. The van der Waals surface area contributed by atoms with E-state index in [0.717, 1.165) is 6.07 Å². The van der Waals surface area contributed by atoms with Crippen LogP contribution < -0.4 is 14.4 Å². The molecule has 0 N–H and O–H groups in total. The molecule has 4 rings (SSSR count). The number of nitriles is 1. The highest BCUT2D eigenvalue weighted by Crippen LogP contribution is 2.38. The van der Waals surface area contributed by atoms with Crippen LogP contribution in [0.4, 0.5) is 26.2 Å². The number of hydrogen-bond donors (Lipinski definition) is 0. The van der Waals surface area contributed by atoms with Crippen LogP contribution in [0, 0.1) is 37.4 Å². The van der Waals surface area contributed by atoms with Crippen molar-refractivity contribution in [1.29, 1.82) is 5.26 Å².